The maximum absolute atomic E-state index is 12.3. The molecular weight excluding hydrogens is 340 g/mol. The van der Waals surface area contributed by atoms with E-state index in [1.165, 1.54) is 6.08 Å². The van der Waals surface area contributed by atoms with E-state index in [1.54, 1.807) is 30.3 Å². The maximum Gasteiger partial charge on any atom is 0.326 e. The van der Waals surface area contributed by atoms with Crippen molar-refractivity contribution in [2.75, 3.05) is 10.6 Å². The van der Waals surface area contributed by atoms with E-state index in [1.807, 2.05) is 18.2 Å². The number of halogens is 1. The van der Waals surface area contributed by atoms with Gasteiger partial charge in [-0.05, 0) is 42.7 Å². The third-order valence-electron chi connectivity index (χ3n) is 4.00. The fourth-order valence-electron chi connectivity index (χ4n) is 2.80. The van der Waals surface area contributed by atoms with Gasteiger partial charge in [0.2, 0.25) is 5.91 Å². The Morgan fingerprint density at radius 1 is 1.20 bits per heavy atom. The van der Waals surface area contributed by atoms with Crippen LogP contribution in [0, 0.1) is 0 Å². The second-order valence-corrected chi connectivity index (χ2v) is 6.23. The van der Waals surface area contributed by atoms with Crippen LogP contribution in [0.3, 0.4) is 0 Å². The molecule has 1 amide bonds. The van der Waals surface area contributed by atoms with Gasteiger partial charge in [-0.25, -0.2) is 4.79 Å². The summed E-state index contributed by atoms with van der Waals surface area (Å²) in [4.78, 5) is 23.7. The predicted octanol–water partition coefficient (Wildman–Crippen LogP) is 4.02. The number of amides is 1. The number of hydrogen-bond acceptors (Lipinski definition) is 3. The van der Waals surface area contributed by atoms with Gasteiger partial charge in [-0.15, -0.1) is 0 Å². The van der Waals surface area contributed by atoms with E-state index in [0.29, 0.717) is 29.2 Å². The van der Waals surface area contributed by atoms with Crippen LogP contribution in [0.25, 0.3) is 5.57 Å². The number of anilines is 2. The first-order valence-corrected chi connectivity index (χ1v) is 8.26. The number of carboxylic acids is 1. The first kappa shape index (κ1) is 17.0. The van der Waals surface area contributed by atoms with Crippen molar-refractivity contribution in [1.82, 2.24) is 0 Å². The molecule has 0 bridgehead atoms. The summed E-state index contributed by atoms with van der Waals surface area (Å²) in [6.45, 7) is 0. The Morgan fingerprint density at radius 3 is 2.68 bits per heavy atom. The smallest absolute Gasteiger partial charge is 0.326 e. The highest BCUT2D eigenvalue weighted by atomic mass is 35.5. The molecule has 0 radical (unpaired) electrons. The molecule has 128 valence electrons. The summed E-state index contributed by atoms with van der Waals surface area (Å²) in [6.07, 6.45) is 2.37. The van der Waals surface area contributed by atoms with Crippen molar-refractivity contribution < 1.29 is 14.7 Å². The number of para-hydroxylation sites is 1. The lowest BCUT2D eigenvalue weighted by molar-refractivity contribution is -0.138. The van der Waals surface area contributed by atoms with Gasteiger partial charge in [-0.2, -0.15) is 0 Å². The standard InChI is InChI=1S/C19H17ClN2O3/c20-13-7-8-15-12(6-9-16(19(24)25)22-17(15)11-13)10-18(23)21-14-4-2-1-3-5-14/h1-5,7-8,10-11,16,22H,6,9H2,(H,21,23)(H,24,25)/b12-10+/t16-/m0/s1. The zero-order valence-corrected chi connectivity index (χ0v) is 14.1. The number of allylic oxidation sites excluding steroid dienone is 1. The summed E-state index contributed by atoms with van der Waals surface area (Å²) in [5.41, 5.74) is 2.89. The molecule has 1 aliphatic heterocycles. The molecule has 2 aromatic carbocycles. The number of carbonyl (C=O) groups excluding carboxylic acids is 1. The van der Waals surface area contributed by atoms with E-state index in [0.717, 1.165) is 11.1 Å². The second kappa shape index (κ2) is 7.40. The Morgan fingerprint density at radius 2 is 1.96 bits per heavy atom. The highest BCUT2D eigenvalue weighted by Gasteiger charge is 2.24. The highest BCUT2D eigenvalue weighted by Crippen LogP contribution is 2.34. The Kier molecular flexibility index (Phi) is 5.05. The summed E-state index contributed by atoms with van der Waals surface area (Å²) < 4.78 is 0. The SMILES string of the molecule is O=C(/C=C1\CC[C@@H](C(=O)O)Nc2cc(Cl)ccc21)Nc1ccccc1. The molecule has 0 aromatic heterocycles. The minimum absolute atomic E-state index is 0.254. The Balaban J connectivity index is 1.90. The highest BCUT2D eigenvalue weighted by molar-refractivity contribution is 6.31. The summed E-state index contributed by atoms with van der Waals surface area (Å²) in [7, 11) is 0. The molecule has 0 unspecified atom stereocenters. The van der Waals surface area contributed by atoms with Crippen molar-refractivity contribution in [3.63, 3.8) is 0 Å². The van der Waals surface area contributed by atoms with Crippen molar-refractivity contribution in [3.8, 4) is 0 Å². The van der Waals surface area contributed by atoms with Crippen LogP contribution in [0.4, 0.5) is 11.4 Å². The largest absolute Gasteiger partial charge is 0.480 e. The van der Waals surface area contributed by atoms with Gasteiger partial charge in [0.15, 0.2) is 0 Å². The van der Waals surface area contributed by atoms with Crippen LogP contribution in [0.1, 0.15) is 18.4 Å². The third kappa shape index (κ3) is 4.19. The van der Waals surface area contributed by atoms with Gasteiger partial charge in [-0.3, -0.25) is 4.79 Å². The van der Waals surface area contributed by atoms with Crippen molar-refractivity contribution in [1.29, 1.82) is 0 Å². The minimum atomic E-state index is -0.930. The quantitative estimate of drug-likeness (QED) is 0.726. The van der Waals surface area contributed by atoms with Crippen molar-refractivity contribution in [3.05, 3.63) is 65.2 Å². The molecule has 1 aliphatic rings. The van der Waals surface area contributed by atoms with Gasteiger partial charge in [0, 0.05) is 28.0 Å². The molecule has 0 saturated heterocycles. The van der Waals surface area contributed by atoms with Gasteiger partial charge in [0.1, 0.15) is 6.04 Å². The first-order valence-electron chi connectivity index (χ1n) is 7.89. The molecule has 0 fully saturated rings. The number of rotatable bonds is 3. The van der Waals surface area contributed by atoms with Gasteiger partial charge >= 0.3 is 5.97 Å². The summed E-state index contributed by atoms with van der Waals surface area (Å²) >= 11 is 6.03. The lowest BCUT2D eigenvalue weighted by Gasteiger charge is -2.13. The number of carbonyl (C=O) groups is 2. The van der Waals surface area contributed by atoms with E-state index in [9.17, 15) is 14.7 Å². The van der Waals surface area contributed by atoms with Crippen LogP contribution in [-0.4, -0.2) is 23.0 Å². The molecule has 5 nitrogen and oxygen atoms in total. The third-order valence-corrected chi connectivity index (χ3v) is 4.24. The number of nitrogens with one attached hydrogen (secondary N) is 2. The molecule has 0 aliphatic carbocycles. The number of fused-ring (bicyclic) bond motifs is 1. The van der Waals surface area contributed by atoms with E-state index in [-0.39, 0.29) is 5.91 Å². The number of hydrogen-bond donors (Lipinski definition) is 3. The second-order valence-electron chi connectivity index (χ2n) is 5.79. The van der Waals surface area contributed by atoms with Gasteiger partial charge < -0.3 is 15.7 Å². The molecular formula is C19H17ClN2O3. The maximum atomic E-state index is 12.3. The van der Waals surface area contributed by atoms with Crippen LogP contribution in [0.5, 0.6) is 0 Å². The molecule has 1 heterocycles. The van der Waals surface area contributed by atoms with Gasteiger partial charge in [-0.1, -0.05) is 35.9 Å². The van der Waals surface area contributed by atoms with E-state index in [4.69, 9.17) is 11.6 Å². The Bertz CT molecular complexity index is 834. The molecule has 3 rings (SSSR count). The monoisotopic (exact) mass is 356 g/mol. The van der Waals surface area contributed by atoms with Crippen molar-refractivity contribution in [2.24, 2.45) is 0 Å². The van der Waals surface area contributed by atoms with E-state index in [2.05, 4.69) is 10.6 Å². The lowest BCUT2D eigenvalue weighted by atomic mass is 9.99. The Hall–Kier alpha value is -2.79. The Labute approximate surface area is 150 Å². The van der Waals surface area contributed by atoms with Gasteiger partial charge in [0.25, 0.3) is 0 Å². The number of benzene rings is 2. The van der Waals surface area contributed by atoms with Gasteiger partial charge in [0.05, 0.1) is 0 Å². The molecule has 0 spiro atoms. The normalized spacial score (nSPS) is 18.0. The summed E-state index contributed by atoms with van der Waals surface area (Å²) in [6, 6.07) is 13.7. The van der Waals surface area contributed by atoms with Crippen LogP contribution in [-0.2, 0) is 9.59 Å². The molecule has 25 heavy (non-hydrogen) atoms. The van der Waals surface area contributed by atoms with Crippen molar-refractivity contribution in [2.45, 2.75) is 18.9 Å². The molecule has 0 saturated carbocycles. The predicted molar refractivity (Wildman–Crippen MR) is 98.8 cm³/mol. The van der Waals surface area contributed by atoms with Crippen LogP contribution < -0.4 is 10.6 Å². The fourth-order valence-corrected chi connectivity index (χ4v) is 2.98. The summed E-state index contributed by atoms with van der Waals surface area (Å²) in [5, 5.41) is 15.6. The minimum Gasteiger partial charge on any atom is -0.480 e. The van der Waals surface area contributed by atoms with Crippen LogP contribution >= 0.6 is 11.6 Å². The van der Waals surface area contributed by atoms with Crippen molar-refractivity contribution >= 4 is 40.4 Å². The average Bonchev–Trinajstić information content (AvgIpc) is 2.75. The topological polar surface area (TPSA) is 78.4 Å². The van der Waals surface area contributed by atoms with Crippen LogP contribution in [0.15, 0.2) is 54.6 Å². The average molecular weight is 357 g/mol. The van der Waals surface area contributed by atoms with E-state index >= 15 is 0 Å². The number of aliphatic carboxylic acids is 1. The lowest BCUT2D eigenvalue weighted by Crippen LogP contribution is -2.28. The molecule has 6 heteroatoms. The molecule has 1 atom stereocenters. The fraction of sp³-hybridized carbons (Fsp3) is 0.158. The number of carboxylic acid groups (broad SMARTS) is 1. The molecule has 2 aromatic rings. The zero-order chi connectivity index (χ0) is 17.8. The zero-order valence-electron chi connectivity index (χ0n) is 13.3. The molecule has 3 N–H and O–H groups in total. The first-order chi connectivity index (χ1) is 12.0. The summed E-state index contributed by atoms with van der Waals surface area (Å²) in [5.74, 6) is -1.18. The van der Waals surface area contributed by atoms with E-state index < -0.39 is 12.0 Å². The van der Waals surface area contributed by atoms with Crippen LogP contribution in [0.2, 0.25) is 5.02 Å².